The van der Waals surface area contributed by atoms with Gasteiger partial charge in [-0.1, -0.05) is 76.2 Å². The van der Waals surface area contributed by atoms with Crippen molar-refractivity contribution in [2.45, 2.75) is 53.0 Å². The first kappa shape index (κ1) is 28.4. The highest BCUT2D eigenvalue weighted by molar-refractivity contribution is 7.92. The third kappa shape index (κ3) is 8.38. The molecule has 0 fully saturated rings. The largest absolute Gasteiger partial charge is 0.354 e. The molecule has 0 aromatic heterocycles. The first-order valence-electron chi connectivity index (χ1n) is 12.1. The third-order valence-electron chi connectivity index (χ3n) is 5.84. The van der Waals surface area contributed by atoms with Crippen LogP contribution in [0.4, 0.5) is 5.69 Å². The molecule has 0 unspecified atom stereocenters. The van der Waals surface area contributed by atoms with E-state index in [2.05, 4.69) is 5.32 Å². The Kier molecular flexibility index (Phi) is 10.3. The van der Waals surface area contributed by atoms with Gasteiger partial charge in [-0.2, -0.15) is 0 Å². The van der Waals surface area contributed by atoms with Crippen molar-refractivity contribution in [2.75, 3.05) is 30.2 Å². The van der Waals surface area contributed by atoms with Gasteiger partial charge in [0.1, 0.15) is 12.6 Å². The first-order valence-corrected chi connectivity index (χ1v) is 13.9. The number of carbonyl (C=O) groups is 2. The summed E-state index contributed by atoms with van der Waals surface area (Å²) in [6.45, 7) is 10.1. The number of nitrogens with one attached hydrogen (secondary N) is 1. The maximum atomic E-state index is 13.6. The van der Waals surface area contributed by atoms with Gasteiger partial charge in [0.25, 0.3) is 0 Å². The summed E-state index contributed by atoms with van der Waals surface area (Å²) in [7, 11) is -3.75. The van der Waals surface area contributed by atoms with Gasteiger partial charge < -0.3 is 10.2 Å². The zero-order valence-corrected chi connectivity index (χ0v) is 22.5. The Morgan fingerprint density at radius 2 is 1.51 bits per heavy atom. The molecule has 2 amide bonds. The molecule has 7 nitrogen and oxygen atoms in total. The van der Waals surface area contributed by atoms with Gasteiger partial charge in [0.05, 0.1) is 11.9 Å². The fourth-order valence-electron chi connectivity index (χ4n) is 3.82. The molecule has 0 radical (unpaired) electrons. The van der Waals surface area contributed by atoms with Crippen LogP contribution in [0.25, 0.3) is 0 Å². The summed E-state index contributed by atoms with van der Waals surface area (Å²) >= 11 is 0. The molecule has 1 N–H and O–H groups in total. The van der Waals surface area contributed by atoms with Crippen LogP contribution >= 0.6 is 0 Å². The monoisotopic (exact) mass is 501 g/mol. The molecule has 0 bridgehead atoms. The quantitative estimate of drug-likeness (QED) is 0.479. The molecular formula is C27H39N3O4S. The minimum atomic E-state index is -3.75. The lowest BCUT2D eigenvalue weighted by atomic mass is 10.0. The highest BCUT2D eigenvalue weighted by Gasteiger charge is 2.30. The van der Waals surface area contributed by atoms with Crippen molar-refractivity contribution in [1.29, 1.82) is 0 Å². The zero-order chi connectivity index (χ0) is 26.2. The molecule has 2 aromatic rings. The molecule has 0 heterocycles. The van der Waals surface area contributed by atoms with E-state index in [0.29, 0.717) is 25.2 Å². The Balaban J connectivity index is 2.36. The van der Waals surface area contributed by atoms with Crippen LogP contribution in [0.2, 0.25) is 0 Å². The van der Waals surface area contributed by atoms with Gasteiger partial charge in [-0.3, -0.25) is 13.9 Å². The topological polar surface area (TPSA) is 86.8 Å². The Morgan fingerprint density at radius 3 is 2.09 bits per heavy atom. The Labute approximate surface area is 210 Å². The first-order chi connectivity index (χ1) is 16.4. The second kappa shape index (κ2) is 12.7. The summed E-state index contributed by atoms with van der Waals surface area (Å²) in [6.07, 6.45) is 1.65. The van der Waals surface area contributed by atoms with Crippen molar-refractivity contribution >= 4 is 27.5 Å². The van der Waals surface area contributed by atoms with Gasteiger partial charge in [-0.15, -0.1) is 0 Å². The van der Waals surface area contributed by atoms with Gasteiger partial charge >= 0.3 is 0 Å². The van der Waals surface area contributed by atoms with Crippen LogP contribution in [0.15, 0.2) is 54.6 Å². The van der Waals surface area contributed by atoms with Crippen molar-refractivity contribution in [3.8, 4) is 0 Å². The lowest BCUT2D eigenvalue weighted by Gasteiger charge is -2.32. The highest BCUT2D eigenvalue weighted by atomic mass is 32.2. The van der Waals surface area contributed by atoms with Crippen molar-refractivity contribution in [1.82, 2.24) is 10.2 Å². The van der Waals surface area contributed by atoms with E-state index in [1.807, 2.05) is 70.2 Å². The predicted molar refractivity (Wildman–Crippen MR) is 142 cm³/mol. The maximum absolute atomic E-state index is 13.6. The molecule has 0 saturated carbocycles. The average Bonchev–Trinajstić information content (AvgIpc) is 2.80. The molecule has 1 atom stereocenters. The molecule has 0 aliphatic carbocycles. The second-order valence-corrected chi connectivity index (χ2v) is 11.5. The van der Waals surface area contributed by atoms with E-state index in [4.69, 9.17) is 0 Å². The summed E-state index contributed by atoms with van der Waals surface area (Å²) in [6, 6.07) is 16.2. The van der Waals surface area contributed by atoms with E-state index in [1.54, 1.807) is 19.1 Å². The van der Waals surface area contributed by atoms with E-state index in [9.17, 15) is 18.0 Å². The number of hydrogen-bond donors (Lipinski definition) is 1. The van der Waals surface area contributed by atoms with E-state index < -0.39 is 22.0 Å². The van der Waals surface area contributed by atoms with E-state index in [-0.39, 0.29) is 24.3 Å². The van der Waals surface area contributed by atoms with Gasteiger partial charge in [0.15, 0.2) is 0 Å². The molecule has 2 aromatic carbocycles. The number of sulfonamides is 1. The second-order valence-electron chi connectivity index (χ2n) is 9.62. The minimum absolute atomic E-state index is 0.0699. The molecule has 35 heavy (non-hydrogen) atoms. The molecule has 0 spiro atoms. The number of anilines is 1. The number of rotatable bonds is 12. The van der Waals surface area contributed by atoms with Crippen LogP contribution in [-0.2, 0) is 26.0 Å². The maximum Gasteiger partial charge on any atom is 0.244 e. The van der Waals surface area contributed by atoms with E-state index >= 15 is 0 Å². The lowest BCUT2D eigenvalue weighted by molar-refractivity contribution is -0.138. The molecule has 8 heteroatoms. The standard InChI is InChI=1S/C27H39N3O4S/c1-20(2)18-28-27(32)22(5)29(17-16-23-12-8-7-9-13-23)26(31)19-30(35(6,33)34)25-15-11-10-14-24(25)21(3)4/h7-15,20-22H,16-19H2,1-6H3,(H,28,32)/t22-/m0/s1. The number of amides is 2. The molecule has 192 valence electrons. The van der Waals surface area contributed by atoms with Gasteiger partial charge in [-0.25, -0.2) is 8.42 Å². The van der Waals surface area contributed by atoms with Crippen molar-refractivity contribution < 1.29 is 18.0 Å². The number of hydrogen-bond acceptors (Lipinski definition) is 4. The van der Waals surface area contributed by atoms with E-state index in [1.165, 1.54) is 4.90 Å². The van der Waals surface area contributed by atoms with Gasteiger partial charge in [-0.05, 0) is 42.4 Å². The predicted octanol–water partition coefficient (Wildman–Crippen LogP) is 3.81. The molecule has 0 aliphatic heterocycles. The van der Waals surface area contributed by atoms with Crippen LogP contribution in [0.1, 0.15) is 51.7 Å². The minimum Gasteiger partial charge on any atom is -0.354 e. The van der Waals surface area contributed by atoms with Crippen molar-refractivity contribution in [3.63, 3.8) is 0 Å². The summed E-state index contributed by atoms with van der Waals surface area (Å²) in [4.78, 5) is 27.9. The number of para-hydroxylation sites is 1. The third-order valence-corrected chi connectivity index (χ3v) is 6.97. The fourth-order valence-corrected chi connectivity index (χ4v) is 4.69. The van der Waals surface area contributed by atoms with Crippen molar-refractivity contribution in [3.05, 3.63) is 65.7 Å². The van der Waals surface area contributed by atoms with Crippen LogP contribution in [0.5, 0.6) is 0 Å². The Morgan fingerprint density at radius 1 is 0.914 bits per heavy atom. The summed E-state index contributed by atoms with van der Waals surface area (Å²) in [5.74, 6) is -0.334. The number of benzene rings is 2. The highest BCUT2D eigenvalue weighted by Crippen LogP contribution is 2.29. The van der Waals surface area contributed by atoms with Crippen LogP contribution in [-0.4, -0.2) is 57.1 Å². The van der Waals surface area contributed by atoms with Crippen LogP contribution in [0, 0.1) is 5.92 Å². The normalized spacial score (nSPS) is 12.5. The van der Waals surface area contributed by atoms with E-state index in [0.717, 1.165) is 21.7 Å². The summed E-state index contributed by atoms with van der Waals surface area (Å²) in [5.41, 5.74) is 2.35. The average molecular weight is 502 g/mol. The van der Waals surface area contributed by atoms with Crippen molar-refractivity contribution in [2.24, 2.45) is 5.92 Å². The molecule has 2 rings (SSSR count). The molecule has 0 aliphatic rings. The lowest BCUT2D eigenvalue weighted by Crippen LogP contribution is -2.52. The van der Waals surface area contributed by atoms with Crippen LogP contribution < -0.4 is 9.62 Å². The summed E-state index contributed by atoms with van der Waals surface area (Å²) < 4.78 is 26.8. The Hall–Kier alpha value is -2.87. The Bertz CT molecular complexity index is 1080. The molecular weight excluding hydrogens is 462 g/mol. The number of nitrogens with zero attached hydrogens (tertiary/aromatic N) is 2. The SMILES string of the molecule is CC(C)CNC(=O)[C@H](C)N(CCc1ccccc1)C(=O)CN(c1ccccc1C(C)C)S(C)(=O)=O. The summed E-state index contributed by atoms with van der Waals surface area (Å²) in [5, 5.41) is 2.89. The van der Waals surface area contributed by atoms with Crippen LogP contribution in [0.3, 0.4) is 0 Å². The fraction of sp³-hybridized carbons (Fsp3) is 0.481. The van der Waals surface area contributed by atoms with Gasteiger partial charge in [0, 0.05) is 13.1 Å². The van der Waals surface area contributed by atoms with Gasteiger partial charge in [0.2, 0.25) is 21.8 Å². The smallest absolute Gasteiger partial charge is 0.244 e. The zero-order valence-electron chi connectivity index (χ0n) is 21.7. The number of carbonyl (C=O) groups excluding carboxylic acids is 2. The molecule has 0 saturated heterocycles.